The van der Waals surface area contributed by atoms with Gasteiger partial charge in [-0.2, -0.15) is 13.2 Å². The zero-order chi connectivity index (χ0) is 14.5. The minimum atomic E-state index is -4.25. The topological polar surface area (TPSA) is 30.5 Å². The van der Waals surface area contributed by atoms with E-state index in [9.17, 15) is 13.2 Å². The van der Waals surface area contributed by atoms with Crippen LogP contribution in [0.2, 0.25) is 0 Å². The van der Waals surface area contributed by atoms with E-state index < -0.39 is 12.8 Å². The van der Waals surface area contributed by atoms with Crippen molar-refractivity contribution < 1.29 is 22.6 Å². The second-order valence-corrected chi connectivity index (χ2v) is 5.58. The lowest BCUT2D eigenvalue weighted by atomic mass is 9.78. The maximum Gasteiger partial charge on any atom is 0.411 e. The molecular weight excluding hydrogens is 259 g/mol. The Morgan fingerprint density at radius 2 is 2.11 bits per heavy atom. The van der Waals surface area contributed by atoms with Gasteiger partial charge >= 0.3 is 6.18 Å². The summed E-state index contributed by atoms with van der Waals surface area (Å²) < 4.78 is 46.4. The van der Waals surface area contributed by atoms with Crippen LogP contribution in [0.4, 0.5) is 13.2 Å². The molecule has 0 aromatic carbocycles. The number of halogens is 3. The third-order valence-electron chi connectivity index (χ3n) is 3.70. The van der Waals surface area contributed by atoms with Gasteiger partial charge in [-0.3, -0.25) is 0 Å². The van der Waals surface area contributed by atoms with Gasteiger partial charge in [-0.1, -0.05) is 13.8 Å². The SMILES string of the molecule is CC(C)NCC1(CCOCC(F)(F)F)CCOC1C. The predicted molar refractivity (Wildman–Crippen MR) is 67.1 cm³/mol. The molecule has 0 aromatic rings. The van der Waals surface area contributed by atoms with Crippen molar-refractivity contribution in [2.75, 3.05) is 26.4 Å². The van der Waals surface area contributed by atoms with Gasteiger partial charge < -0.3 is 14.8 Å². The maximum atomic E-state index is 12.0. The number of hydrogen-bond donors (Lipinski definition) is 1. The zero-order valence-corrected chi connectivity index (χ0v) is 11.8. The first-order valence-electron chi connectivity index (χ1n) is 6.75. The molecule has 2 atom stereocenters. The highest BCUT2D eigenvalue weighted by molar-refractivity contribution is 4.91. The van der Waals surface area contributed by atoms with Crippen LogP contribution in [-0.4, -0.2) is 44.7 Å². The van der Waals surface area contributed by atoms with Crippen LogP contribution in [0.25, 0.3) is 0 Å². The van der Waals surface area contributed by atoms with Gasteiger partial charge in [0.15, 0.2) is 0 Å². The number of hydrogen-bond acceptors (Lipinski definition) is 3. The Bertz CT molecular complexity index is 271. The van der Waals surface area contributed by atoms with E-state index in [1.807, 2.05) is 20.8 Å². The van der Waals surface area contributed by atoms with Gasteiger partial charge in [0.2, 0.25) is 0 Å². The Kier molecular flexibility index (Phi) is 6.08. The van der Waals surface area contributed by atoms with Crippen molar-refractivity contribution in [3.63, 3.8) is 0 Å². The highest BCUT2D eigenvalue weighted by Crippen LogP contribution is 2.38. The summed E-state index contributed by atoms with van der Waals surface area (Å²) in [4.78, 5) is 0. The van der Waals surface area contributed by atoms with Crippen molar-refractivity contribution in [1.29, 1.82) is 0 Å². The molecule has 1 aliphatic rings. The van der Waals surface area contributed by atoms with Gasteiger partial charge in [0.05, 0.1) is 6.10 Å². The Morgan fingerprint density at radius 1 is 1.42 bits per heavy atom. The second kappa shape index (κ2) is 6.90. The van der Waals surface area contributed by atoms with Gasteiger partial charge in [0.25, 0.3) is 0 Å². The van der Waals surface area contributed by atoms with Gasteiger partial charge in [0, 0.05) is 31.2 Å². The third-order valence-corrected chi connectivity index (χ3v) is 3.70. The number of ether oxygens (including phenoxy) is 2. The van der Waals surface area contributed by atoms with Crippen LogP contribution in [0.5, 0.6) is 0 Å². The normalized spacial score (nSPS) is 28.3. The average molecular weight is 283 g/mol. The van der Waals surface area contributed by atoms with Crippen molar-refractivity contribution in [3.8, 4) is 0 Å². The molecule has 0 radical (unpaired) electrons. The lowest BCUT2D eigenvalue weighted by Gasteiger charge is -2.33. The lowest BCUT2D eigenvalue weighted by molar-refractivity contribution is -0.175. The molecule has 0 spiro atoms. The molecule has 1 rings (SSSR count). The van der Waals surface area contributed by atoms with Crippen molar-refractivity contribution in [3.05, 3.63) is 0 Å². The van der Waals surface area contributed by atoms with Crippen molar-refractivity contribution in [1.82, 2.24) is 5.32 Å². The molecule has 1 saturated heterocycles. The van der Waals surface area contributed by atoms with E-state index in [0.717, 1.165) is 13.0 Å². The smallest absolute Gasteiger partial charge is 0.378 e. The highest BCUT2D eigenvalue weighted by Gasteiger charge is 2.41. The monoisotopic (exact) mass is 283 g/mol. The fourth-order valence-electron chi connectivity index (χ4n) is 2.34. The average Bonchev–Trinajstić information content (AvgIpc) is 2.63. The second-order valence-electron chi connectivity index (χ2n) is 5.58. The number of alkyl halides is 3. The van der Waals surface area contributed by atoms with Crippen LogP contribution >= 0.6 is 0 Å². The van der Waals surface area contributed by atoms with Crippen LogP contribution in [0.1, 0.15) is 33.6 Å². The van der Waals surface area contributed by atoms with Crippen molar-refractivity contribution >= 4 is 0 Å². The number of nitrogens with one attached hydrogen (secondary N) is 1. The number of rotatable bonds is 7. The fraction of sp³-hybridized carbons (Fsp3) is 1.00. The summed E-state index contributed by atoms with van der Waals surface area (Å²) in [5, 5.41) is 3.36. The molecule has 1 aliphatic heterocycles. The summed E-state index contributed by atoms with van der Waals surface area (Å²) in [6.45, 7) is 6.45. The third kappa shape index (κ3) is 5.67. The van der Waals surface area contributed by atoms with Gasteiger partial charge in [-0.15, -0.1) is 0 Å². The molecule has 19 heavy (non-hydrogen) atoms. The van der Waals surface area contributed by atoms with E-state index >= 15 is 0 Å². The first-order valence-corrected chi connectivity index (χ1v) is 6.75. The minimum absolute atomic E-state index is 0.0493. The molecule has 0 saturated carbocycles. The van der Waals surface area contributed by atoms with Gasteiger partial charge in [0.1, 0.15) is 6.61 Å². The summed E-state index contributed by atoms with van der Waals surface area (Å²) in [5.41, 5.74) is -0.115. The summed E-state index contributed by atoms with van der Waals surface area (Å²) in [6, 6.07) is 0.348. The lowest BCUT2D eigenvalue weighted by Crippen LogP contribution is -2.42. The quantitative estimate of drug-likeness (QED) is 0.729. The van der Waals surface area contributed by atoms with Crippen molar-refractivity contribution in [2.45, 2.75) is 51.9 Å². The zero-order valence-electron chi connectivity index (χ0n) is 11.8. The molecule has 0 bridgehead atoms. The molecule has 1 fully saturated rings. The Hall–Kier alpha value is -0.330. The Morgan fingerprint density at radius 3 is 2.58 bits per heavy atom. The Labute approximate surface area is 112 Å². The fourth-order valence-corrected chi connectivity index (χ4v) is 2.34. The molecule has 2 unspecified atom stereocenters. The molecule has 0 aliphatic carbocycles. The van der Waals surface area contributed by atoms with E-state index in [0.29, 0.717) is 19.1 Å². The maximum absolute atomic E-state index is 12.0. The molecule has 114 valence electrons. The molecular formula is C13H24F3NO2. The summed E-state index contributed by atoms with van der Waals surface area (Å²) >= 11 is 0. The first-order chi connectivity index (χ1) is 8.75. The molecule has 3 nitrogen and oxygen atoms in total. The predicted octanol–water partition coefficient (Wildman–Crippen LogP) is 2.75. The highest BCUT2D eigenvalue weighted by atomic mass is 19.4. The van der Waals surface area contributed by atoms with Crippen LogP contribution in [0.15, 0.2) is 0 Å². The van der Waals surface area contributed by atoms with Crippen LogP contribution < -0.4 is 5.32 Å². The summed E-state index contributed by atoms with van der Waals surface area (Å²) in [6.07, 6.45) is -2.75. The van der Waals surface area contributed by atoms with E-state index in [1.165, 1.54) is 0 Å². The molecule has 0 amide bonds. The largest absolute Gasteiger partial charge is 0.411 e. The summed E-state index contributed by atoms with van der Waals surface area (Å²) in [5.74, 6) is 0. The van der Waals surface area contributed by atoms with Gasteiger partial charge in [-0.05, 0) is 19.8 Å². The van der Waals surface area contributed by atoms with Crippen molar-refractivity contribution in [2.24, 2.45) is 5.41 Å². The van der Waals surface area contributed by atoms with E-state index in [2.05, 4.69) is 5.32 Å². The molecule has 0 aromatic heterocycles. The first kappa shape index (κ1) is 16.7. The van der Waals surface area contributed by atoms with Crippen LogP contribution in [0.3, 0.4) is 0 Å². The van der Waals surface area contributed by atoms with E-state index in [4.69, 9.17) is 9.47 Å². The van der Waals surface area contributed by atoms with E-state index in [-0.39, 0.29) is 18.1 Å². The minimum Gasteiger partial charge on any atom is -0.378 e. The van der Waals surface area contributed by atoms with E-state index in [1.54, 1.807) is 0 Å². The summed E-state index contributed by atoms with van der Waals surface area (Å²) in [7, 11) is 0. The molecule has 1 heterocycles. The standard InChI is InChI=1S/C13H24F3NO2/c1-10(2)17-8-12(5-7-19-11(12)3)4-6-18-9-13(14,15)16/h10-11,17H,4-9H2,1-3H3. The molecule has 6 heteroatoms. The Balaban J connectivity index is 2.42. The van der Waals surface area contributed by atoms with Gasteiger partial charge in [-0.25, -0.2) is 0 Å². The van der Waals surface area contributed by atoms with Crippen LogP contribution in [-0.2, 0) is 9.47 Å². The van der Waals surface area contributed by atoms with Crippen LogP contribution in [0, 0.1) is 5.41 Å². The molecule has 1 N–H and O–H groups in total.